The topological polar surface area (TPSA) is 37.3 Å². The molecule has 36 heavy (non-hydrogen) atoms. The van der Waals surface area contributed by atoms with Gasteiger partial charge in [0.15, 0.2) is 0 Å². The van der Waals surface area contributed by atoms with Gasteiger partial charge in [-0.1, -0.05) is 50.2 Å². The highest BCUT2D eigenvalue weighted by molar-refractivity contribution is 5.92. The van der Waals surface area contributed by atoms with Crippen molar-refractivity contribution >= 4 is 22.5 Å². The summed E-state index contributed by atoms with van der Waals surface area (Å²) in [6.45, 7) is 11.4. The lowest BCUT2D eigenvalue weighted by Crippen LogP contribution is -2.32. The lowest BCUT2D eigenvalue weighted by molar-refractivity contribution is -0.118. The van der Waals surface area contributed by atoms with Gasteiger partial charge in [0.05, 0.1) is 5.52 Å². The number of hydrogen-bond donors (Lipinski definition) is 1. The van der Waals surface area contributed by atoms with Gasteiger partial charge in [0.25, 0.3) is 0 Å². The summed E-state index contributed by atoms with van der Waals surface area (Å²) in [5.41, 5.74) is 8.83. The number of aromatic nitrogens is 1. The minimum atomic E-state index is -0.0147. The minimum absolute atomic E-state index is 0.0147. The molecule has 0 atom stereocenters. The summed E-state index contributed by atoms with van der Waals surface area (Å²) in [6.07, 6.45) is 4.50. The highest BCUT2D eigenvalue weighted by atomic mass is 16.1. The van der Waals surface area contributed by atoms with Crippen molar-refractivity contribution in [2.75, 3.05) is 18.4 Å². The number of anilines is 1. The van der Waals surface area contributed by atoms with Crippen LogP contribution in [0.3, 0.4) is 0 Å². The molecule has 1 fully saturated rings. The number of nitrogens with zero attached hydrogens (tertiary/aromatic N) is 2. The third-order valence-corrected chi connectivity index (χ3v) is 7.79. The first-order valence-electron chi connectivity index (χ1n) is 13.2. The zero-order valence-electron chi connectivity index (χ0n) is 21.9. The van der Waals surface area contributed by atoms with E-state index in [-0.39, 0.29) is 11.8 Å². The quantitative estimate of drug-likeness (QED) is 0.317. The molecule has 1 aliphatic heterocycles. The average molecular weight is 480 g/mol. The number of piperidine rings is 1. The van der Waals surface area contributed by atoms with Crippen molar-refractivity contribution in [1.29, 1.82) is 0 Å². The molecule has 1 amide bonds. The van der Waals surface area contributed by atoms with Crippen molar-refractivity contribution in [2.45, 2.75) is 53.0 Å². The SMILES string of the molecule is Cc1cccc(-n2ccc3c(CN4CCC(c5cccc(NC(=O)C(C)C)c5)CC4)cccc32)c1C. The van der Waals surface area contributed by atoms with E-state index in [9.17, 15) is 4.79 Å². The smallest absolute Gasteiger partial charge is 0.226 e. The molecule has 0 aliphatic carbocycles. The lowest BCUT2D eigenvalue weighted by Gasteiger charge is -2.32. The normalized spacial score (nSPS) is 15.0. The first-order chi connectivity index (χ1) is 17.4. The Labute approximate surface area is 214 Å². The number of benzene rings is 3. The van der Waals surface area contributed by atoms with Crippen molar-refractivity contribution in [3.8, 4) is 5.69 Å². The van der Waals surface area contributed by atoms with Crippen molar-refractivity contribution in [3.05, 3.63) is 95.2 Å². The summed E-state index contributed by atoms with van der Waals surface area (Å²) in [4.78, 5) is 14.7. The maximum atomic E-state index is 12.1. The fourth-order valence-corrected chi connectivity index (χ4v) is 5.40. The largest absolute Gasteiger partial charge is 0.326 e. The maximum Gasteiger partial charge on any atom is 0.226 e. The van der Waals surface area contributed by atoms with Crippen LogP contribution >= 0.6 is 0 Å². The van der Waals surface area contributed by atoms with Crippen LogP contribution in [-0.4, -0.2) is 28.5 Å². The first-order valence-corrected chi connectivity index (χ1v) is 13.2. The Balaban J connectivity index is 1.27. The monoisotopic (exact) mass is 479 g/mol. The van der Waals surface area contributed by atoms with E-state index in [4.69, 9.17) is 0 Å². The maximum absolute atomic E-state index is 12.1. The summed E-state index contributed by atoms with van der Waals surface area (Å²) in [5.74, 6) is 0.597. The third kappa shape index (κ3) is 4.96. The van der Waals surface area contributed by atoms with Crippen LogP contribution in [0.25, 0.3) is 16.6 Å². The third-order valence-electron chi connectivity index (χ3n) is 7.79. The number of carbonyl (C=O) groups is 1. The van der Waals surface area contributed by atoms with Gasteiger partial charge < -0.3 is 9.88 Å². The Bertz CT molecular complexity index is 1380. The molecule has 4 nitrogen and oxygen atoms in total. The molecule has 0 bridgehead atoms. The van der Waals surface area contributed by atoms with E-state index in [1.165, 1.54) is 38.8 Å². The highest BCUT2D eigenvalue weighted by Crippen LogP contribution is 2.32. The molecular formula is C32H37N3O. The lowest BCUT2D eigenvalue weighted by atomic mass is 9.89. The van der Waals surface area contributed by atoms with Gasteiger partial charge in [-0.25, -0.2) is 0 Å². The number of rotatable bonds is 6. The van der Waals surface area contributed by atoms with Crippen LogP contribution in [0.4, 0.5) is 5.69 Å². The van der Waals surface area contributed by atoms with Gasteiger partial charge >= 0.3 is 0 Å². The number of carbonyl (C=O) groups excluding carboxylic acids is 1. The summed E-state index contributed by atoms with van der Waals surface area (Å²) >= 11 is 0. The van der Waals surface area contributed by atoms with Gasteiger partial charge in [0.2, 0.25) is 5.91 Å². The molecular weight excluding hydrogens is 442 g/mol. The Kier molecular flexibility index (Phi) is 6.97. The van der Waals surface area contributed by atoms with Crippen LogP contribution < -0.4 is 5.32 Å². The van der Waals surface area contributed by atoms with Gasteiger partial charge in [-0.3, -0.25) is 9.69 Å². The molecule has 1 saturated heterocycles. The van der Waals surface area contributed by atoms with Gasteiger partial charge in [-0.15, -0.1) is 0 Å². The molecule has 3 aromatic carbocycles. The molecule has 0 spiro atoms. The predicted molar refractivity (Wildman–Crippen MR) is 150 cm³/mol. The zero-order valence-corrected chi connectivity index (χ0v) is 21.9. The zero-order chi connectivity index (χ0) is 25.2. The summed E-state index contributed by atoms with van der Waals surface area (Å²) in [5, 5.41) is 4.39. The molecule has 1 aromatic heterocycles. The molecule has 0 radical (unpaired) electrons. The van der Waals surface area contributed by atoms with Crippen LogP contribution in [0.15, 0.2) is 72.9 Å². The van der Waals surface area contributed by atoms with Crippen molar-refractivity contribution < 1.29 is 4.79 Å². The molecule has 2 heterocycles. The second-order valence-electron chi connectivity index (χ2n) is 10.6. The molecule has 186 valence electrons. The van der Waals surface area contributed by atoms with Crippen LogP contribution in [0.2, 0.25) is 0 Å². The van der Waals surface area contributed by atoms with Crippen LogP contribution in [0.5, 0.6) is 0 Å². The summed E-state index contributed by atoms with van der Waals surface area (Å²) in [6, 6.07) is 24.0. The van der Waals surface area contributed by atoms with Crippen LogP contribution in [-0.2, 0) is 11.3 Å². The number of hydrogen-bond acceptors (Lipinski definition) is 2. The van der Waals surface area contributed by atoms with Crippen LogP contribution in [0, 0.1) is 19.8 Å². The highest BCUT2D eigenvalue weighted by Gasteiger charge is 2.22. The van der Waals surface area contributed by atoms with Gasteiger partial charge in [-0.2, -0.15) is 0 Å². The summed E-state index contributed by atoms with van der Waals surface area (Å²) < 4.78 is 2.33. The Morgan fingerprint density at radius 1 is 0.972 bits per heavy atom. The van der Waals surface area contributed by atoms with E-state index < -0.39 is 0 Å². The first kappa shape index (κ1) is 24.3. The minimum Gasteiger partial charge on any atom is -0.326 e. The van der Waals surface area contributed by atoms with Gasteiger partial charge in [0, 0.05) is 35.4 Å². The second-order valence-corrected chi connectivity index (χ2v) is 10.6. The van der Waals surface area contributed by atoms with Gasteiger partial charge in [-0.05, 0) is 98.3 Å². The molecule has 4 aromatic rings. The molecule has 1 aliphatic rings. The van der Waals surface area contributed by atoms with E-state index in [0.717, 1.165) is 38.2 Å². The molecule has 1 N–H and O–H groups in total. The van der Waals surface area contributed by atoms with Crippen molar-refractivity contribution in [1.82, 2.24) is 9.47 Å². The predicted octanol–water partition coefficient (Wildman–Crippen LogP) is 7.22. The van der Waals surface area contributed by atoms with Crippen molar-refractivity contribution in [2.24, 2.45) is 5.92 Å². The number of fused-ring (bicyclic) bond motifs is 1. The number of aryl methyl sites for hydroxylation is 1. The fourth-order valence-electron chi connectivity index (χ4n) is 5.40. The Morgan fingerprint density at radius 2 is 1.72 bits per heavy atom. The average Bonchev–Trinajstić information content (AvgIpc) is 3.31. The van der Waals surface area contributed by atoms with E-state index in [0.29, 0.717) is 5.92 Å². The standard InChI is InChI=1S/C32H37N3O/c1-22(2)32(36)33-28-11-6-9-26(20-28)25-14-17-34(18-15-25)21-27-10-7-13-31-29(27)16-19-35(31)30-12-5-8-23(3)24(30)4/h5-13,16,19-20,22,25H,14-15,17-18,21H2,1-4H3,(H,33,36). The molecule has 5 rings (SSSR count). The van der Waals surface area contributed by atoms with E-state index in [1.807, 2.05) is 19.9 Å². The Morgan fingerprint density at radius 3 is 2.50 bits per heavy atom. The molecule has 0 unspecified atom stereocenters. The molecule has 4 heteroatoms. The van der Waals surface area contributed by atoms with E-state index >= 15 is 0 Å². The number of likely N-dealkylation sites (tertiary alicyclic amines) is 1. The second kappa shape index (κ2) is 10.3. The number of amides is 1. The van der Waals surface area contributed by atoms with E-state index in [2.05, 4.69) is 95.5 Å². The summed E-state index contributed by atoms with van der Waals surface area (Å²) in [7, 11) is 0. The number of nitrogens with one attached hydrogen (secondary N) is 1. The van der Waals surface area contributed by atoms with Crippen molar-refractivity contribution in [3.63, 3.8) is 0 Å². The van der Waals surface area contributed by atoms with Crippen LogP contribution in [0.1, 0.15) is 54.9 Å². The molecule has 0 saturated carbocycles. The van der Waals surface area contributed by atoms with Gasteiger partial charge in [0.1, 0.15) is 0 Å². The van der Waals surface area contributed by atoms with E-state index in [1.54, 1.807) is 0 Å². The Hall–Kier alpha value is -3.37. The fraction of sp³-hybridized carbons (Fsp3) is 0.344.